The van der Waals surface area contributed by atoms with Crippen LogP contribution in [0, 0.1) is 13.8 Å². The van der Waals surface area contributed by atoms with Crippen LogP contribution in [-0.4, -0.2) is 35.2 Å². The standard InChI is InChI=1S/C24H25ClN2O3/c1-16-9-10-20(17(2)12-16)23-13-18(26-30-23)14-27(15-19-6-5-11-29-19)24(28)21-7-3-4-8-22(21)25/h3-4,7-10,12-13,19H,5-6,11,14-15H2,1-2H3/t19-/m1/s1. The van der Waals surface area contributed by atoms with Gasteiger partial charge in [-0.3, -0.25) is 4.79 Å². The molecule has 4 rings (SSSR count). The predicted molar refractivity (Wildman–Crippen MR) is 117 cm³/mol. The maximum Gasteiger partial charge on any atom is 0.255 e. The number of amides is 1. The van der Waals surface area contributed by atoms with Crippen molar-refractivity contribution in [3.63, 3.8) is 0 Å². The Hall–Kier alpha value is -2.63. The van der Waals surface area contributed by atoms with Crippen LogP contribution in [-0.2, 0) is 11.3 Å². The first-order chi connectivity index (χ1) is 14.5. The van der Waals surface area contributed by atoms with E-state index in [2.05, 4.69) is 31.1 Å². The molecular weight excluding hydrogens is 400 g/mol. The maximum absolute atomic E-state index is 13.3. The van der Waals surface area contributed by atoms with Crippen LogP contribution in [0.3, 0.4) is 0 Å². The fourth-order valence-corrected chi connectivity index (χ4v) is 4.07. The fourth-order valence-electron chi connectivity index (χ4n) is 3.86. The molecule has 1 aliphatic rings. The SMILES string of the molecule is Cc1ccc(-c2cc(CN(C[C@H]3CCCO3)C(=O)c3ccccc3Cl)no2)c(C)c1. The Morgan fingerprint density at radius 2 is 2.03 bits per heavy atom. The van der Waals surface area contributed by atoms with Crippen LogP contribution in [0.4, 0.5) is 0 Å². The van der Waals surface area contributed by atoms with Gasteiger partial charge in [0, 0.05) is 24.8 Å². The number of hydrogen-bond donors (Lipinski definition) is 0. The molecule has 2 aromatic carbocycles. The van der Waals surface area contributed by atoms with Crippen LogP contribution in [0.15, 0.2) is 53.1 Å². The van der Waals surface area contributed by atoms with E-state index in [1.54, 1.807) is 17.0 Å². The second-order valence-corrected chi connectivity index (χ2v) is 8.21. The lowest BCUT2D eigenvalue weighted by molar-refractivity contribution is 0.0502. The van der Waals surface area contributed by atoms with Crippen LogP contribution >= 0.6 is 11.6 Å². The molecule has 1 saturated heterocycles. The van der Waals surface area contributed by atoms with E-state index in [1.165, 1.54) is 5.56 Å². The summed E-state index contributed by atoms with van der Waals surface area (Å²) in [5.41, 5.74) is 4.51. The van der Waals surface area contributed by atoms with Gasteiger partial charge in [-0.05, 0) is 44.4 Å². The van der Waals surface area contributed by atoms with E-state index in [0.29, 0.717) is 35.1 Å². The molecular formula is C24H25ClN2O3. The van der Waals surface area contributed by atoms with Crippen molar-refractivity contribution in [2.24, 2.45) is 0 Å². The Kier molecular flexibility index (Phi) is 6.21. The molecule has 0 spiro atoms. The number of hydrogen-bond acceptors (Lipinski definition) is 4. The molecule has 0 unspecified atom stereocenters. The smallest absolute Gasteiger partial charge is 0.255 e. The summed E-state index contributed by atoms with van der Waals surface area (Å²) >= 11 is 6.28. The van der Waals surface area contributed by atoms with E-state index in [9.17, 15) is 4.79 Å². The Balaban J connectivity index is 1.58. The monoisotopic (exact) mass is 424 g/mol. The lowest BCUT2D eigenvalue weighted by Gasteiger charge is -2.25. The minimum atomic E-state index is -0.132. The highest BCUT2D eigenvalue weighted by Gasteiger charge is 2.26. The van der Waals surface area contributed by atoms with Gasteiger partial charge in [-0.15, -0.1) is 0 Å². The number of rotatable bonds is 6. The lowest BCUT2D eigenvalue weighted by atomic mass is 10.0. The highest BCUT2D eigenvalue weighted by atomic mass is 35.5. The molecule has 2 heterocycles. The Labute approximate surface area is 181 Å². The molecule has 6 heteroatoms. The number of halogens is 1. The molecule has 3 aromatic rings. The number of ether oxygens (including phenoxy) is 1. The first-order valence-corrected chi connectivity index (χ1v) is 10.6. The van der Waals surface area contributed by atoms with Gasteiger partial charge in [0.2, 0.25) is 0 Å². The van der Waals surface area contributed by atoms with Gasteiger partial charge in [0.1, 0.15) is 5.69 Å². The number of nitrogens with zero attached hydrogens (tertiary/aromatic N) is 2. The average molecular weight is 425 g/mol. The summed E-state index contributed by atoms with van der Waals surface area (Å²) in [6.45, 7) is 5.68. The number of aryl methyl sites for hydroxylation is 2. The first-order valence-electron chi connectivity index (χ1n) is 10.2. The second-order valence-electron chi connectivity index (χ2n) is 7.80. The Bertz CT molecular complexity index is 1040. The van der Waals surface area contributed by atoms with E-state index in [1.807, 2.05) is 24.3 Å². The third-order valence-corrected chi connectivity index (χ3v) is 5.73. The number of benzene rings is 2. The number of aromatic nitrogens is 1. The van der Waals surface area contributed by atoms with E-state index < -0.39 is 0 Å². The summed E-state index contributed by atoms with van der Waals surface area (Å²) in [5.74, 6) is 0.567. The zero-order valence-electron chi connectivity index (χ0n) is 17.2. The average Bonchev–Trinajstić information content (AvgIpc) is 3.40. The van der Waals surface area contributed by atoms with Crippen LogP contribution < -0.4 is 0 Å². The van der Waals surface area contributed by atoms with Gasteiger partial charge >= 0.3 is 0 Å². The lowest BCUT2D eigenvalue weighted by Crippen LogP contribution is -2.37. The van der Waals surface area contributed by atoms with Crippen molar-refractivity contribution in [2.75, 3.05) is 13.2 Å². The van der Waals surface area contributed by atoms with Gasteiger partial charge in [0.25, 0.3) is 5.91 Å². The van der Waals surface area contributed by atoms with Crippen LogP contribution in [0.2, 0.25) is 5.02 Å². The largest absolute Gasteiger partial charge is 0.376 e. The molecule has 156 valence electrons. The van der Waals surface area contributed by atoms with Crippen molar-refractivity contribution in [1.29, 1.82) is 0 Å². The Morgan fingerprint density at radius 1 is 1.20 bits per heavy atom. The predicted octanol–water partition coefficient (Wildman–Crippen LogP) is 5.43. The van der Waals surface area contributed by atoms with Gasteiger partial charge < -0.3 is 14.2 Å². The van der Waals surface area contributed by atoms with Gasteiger partial charge in [-0.2, -0.15) is 0 Å². The first kappa shape index (κ1) is 20.6. The van der Waals surface area contributed by atoms with Crippen molar-refractivity contribution in [1.82, 2.24) is 10.1 Å². The van der Waals surface area contributed by atoms with Gasteiger partial charge in [0.05, 0.1) is 23.2 Å². The van der Waals surface area contributed by atoms with Crippen molar-refractivity contribution in [3.8, 4) is 11.3 Å². The molecule has 1 aromatic heterocycles. The molecule has 0 bridgehead atoms. The van der Waals surface area contributed by atoms with E-state index in [-0.39, 0.29) is 12.0 Å². The highest BCUT2D eigenvalue weighted by molar-refractivity contribution is 6.33. The summed E-state index contributed by atoms with van der Waals surface area (Å²) in [4.78, 5) is 15.0. The fraction of sp³-hybridized carbons (Fsp3) is 0.333. The van der Waals surface area contributed by atoms with Crippen LogP contribution in [0.5, 0.6) is 0 Å². The summed E-state index contributed by atoms with van der Waals surface area (Å²) in [6.07, 6.45) is 1.99. The topological polar surface area (TPSA) is 55.6 Å². The quantitative estimate of drug-likeness (QED) is 0.529. The van der Waals surface area contributed by atoms with Gasteiger partial charge in [-0.1, -0.05) is 52.7 Å². The van der Waals surface area contributed by atoms with Crippen molar-refractivity contribution in [3.05, 3.63) is 75.9 Å². The van der Waals surface area contributed by atoms with Crippen LogP contribution in [0.1, 0.15) is 40.0 Å². The third kappa shape index (κ3) is 4.58. The maximum atomic E-state index is 13.3. The molecule has 0 radical (unpaired) electrons. The summed E-state index contributed by atoms with van der Waals surface area (Å²) in [5, 5.41) is 4.67. The number of carbonyl (C=O) groups excluding carboxylic acids is 1. The summed E-state index contributed by atoms with van der Waals surface area (Å²) < 4.78 is 11.4. The molecule has 0 saturated carbocycles. The zero-order valence-corrected chi connectivity index (χ0v) is 18.0. The van der Waals surface area contributed by atoms with E-state index >= 15 is 0 Å². The minimum Gasteiger partial charge on any atom is -0.376 e. The molecule has 1 amide bonds. The Morgan fingerprint density at radius 3 is 2.77 bits per heavy atom. The highest BCUT2D eigenvalue weighted by Crippen LogP contribution is 2.26. The van der Waals surface area contributed by atoms with Gasteiger partial charge in [-0.25, -0.2) is 0 Å². The normalized spacial score (nSPS) is 16.0. The van der Waals surface area contributed by atoms with Crippen LogP contribution in [0.25, 0.3) is 11.3 Å². The minimum absolute atomic E-state index is 0.0298. The molecule has 1 atom stereocenters. The molecule has 0 aliphatic carbocycles. The number of carbonyl (C=O) groups is 1. The molecule has 5 nitrogen and oxygen atoms in total. The summed E-state index contributed by atoms with van der Waals surface area (Å²) in [7, 11) is 0. The van der Waals surface area contributed by atoms with Crippen molar-refractivity contribution in [2.45, 2.75) is 39.3 Å². The summed E-state index contributed by atoms with van der Waals surface area (Å²) in [6, 6.07) is 15.2. The molecule has 30 heavy (non-hydrogen) atoms. The van der Waals surface area contributed by atoms with Gasteiger partial charge in [0.15, 0.2) is 5.76 Å². The van der Waals surface area contributed by atoms with Crippen molar-refractivity contribution >= 4 is 17.5 Å². The molecule has 0 N–H and O–H groups in total. The van der Waals surface area contributed by atoms with E-state index in [0.717, 1.165) is 30.6 Å². The van der Waals surface area contributed by atoms with E-state index in [4.69, 9.17) is 20.9 Å². The molecule has 1 fully saturated rings. The zero-order chi connectivity index (χ0) is 21.1. The third-order valence-electron chi connectivity index (χ3n) is 5.40. The second kappa shape index (κ2) is 9.02. The molecule has 1 aliphatic heterocycles. The van der Waals surface area contributed by atoms with Crippen molar-refractivity contribution < 1.29 is 14.1 Å².